The summed E-state index contributed by atoms with van der Waals surface area (Å²) in [5.41, 5.74) is 3.07. The minimum atomic E-state index is 0.940. The van der Waals surface area contributed by atoms with E-state index in [1.165, 1.54) is 11.5 Å². The van der Waals surface area contributed by atoms with Crippen LogP contribution in [0.2, 0.25) is 0 Å². The first-order valence-electron chi connectivity index (χ1n) is 3.33. The van der Waals surface area contributed by atoms with Crippen molar-refractivity contribution in [2.24, 2.45) is 0 Å². The second-order valence-corrected chi connectivity index (χ2v) is 3.25. The van der Waals surface area contributed by atoms with E-state index < -0.39 is 0 Å². The number of fused-ring (bicyclic) bond motifs is 1. The molecule has 3 nitrogen and oxygen atoms in total. The molecule has 0 amide bonds. The molecule has 56 valence electrons. The quantitative estimate of drug-likeness (QED) is 0.596. The van der Waals surface area contributed by atoms with Crippen molar-refractivity contribution in [1.29, 1.82) is 0 Å². The Morgan fingerprint density at radius 3 is 2.91 bits per heavy atom. The van der Waals surface area contributed by atoms with Gasteiger partial charge in [0.05, 0.1) is 16.6 Å². The Morgan fingerprint density at radius 2 is 2.18 bits per heavy atom. The largest absolute Gasteiger partial charge is 0.195 e. The molecule has 0 fully saturated rings. The lowest BCUT2D eigenvalue weighted by Gasteiger charge is -1.89. The van der Waals surface area contributed by atoms with Crippen LogP contribution in [-0.2, 0) is 0 Å². The van der Waals surface area contributed by atoms with Gasteiger partial charge in [-0.15, -0.1) is 5.10 Å². The van der Waals surface area contributed by atoms with Gasteiger partial charge in [0.25, 0.3) is 0 Å². The van der Waals surface area contributed by atoms with Crippen molar-refractivity contribution in [3.8, 4) is 0 Å². The second kappa shape index (κ2) is 2.23. The van der Waals surface area contributed by atoms with Crippen LogP contribution in [0, 0.1) is 13.8 Å². The topological polar surface area (TPSA) is 38.7 Å². The number of hydrogen-bond acceptors (Lipinski definition) is 4. The number of aryl methyl sites for hydroxylation is 2. The maximum atomic E-state index is 4.20. The van der Waals surface area contributed by atoms with Crippen LogP contribution in [0.4, 0.5) is 0 Å². The van der Waals surface area contributed by atoms with E-state index in [1.807, 2.05) is 13.8 Å². The molecule has 0 aliphatic carbocycles. The first kappa shape index (κ1) is 6.67. The number of aromatic nitrogens is 3. The summed E-state index contributed by atoms with van der Waals surface area (Å²) in [6.07, 6.45) is 1.76. The van der Waals surface area contributed by atoms with Gasteiger partial charge in [-0.3, -0.25) is 0 Å². The second-order valence-electron chi connectivity index (χ2n) is 2.47. The Kier molecular flexibility index (Phi) is 1.35. The molecule has 0 aliphatic heterocycles. The smallest absolute Gasteiger partial charge is 0.127 e. The molecule has 2 heterocycles. The van der Waals surface area contributed by atoms with Crippen molar-refractivity contribution in [1.82, 2.24) is 14.6 Å². The fourth-order valence-corrected chi connectivity index (χ4v) is 1.76. The molecule has 0 saturated heterocycles. The van der Waals surface area contributed by atoms with Crippen LogP contribution in [0.1, 0.15) is 11.3 Å². The molecule has 2 aromatic rings. The molecule has 0 N–H and O–H groups in total. The minimum Gasteiger partial charge on any atom is -0.195 e. The Hall–Kier alpha value is -1.03. The highest BCUT2D eigenvalue weighted by Crippen LogP contribution is 2.21. The van der Waals surface area contributed by atoms with E-state index >= 15 is 0 Å². The molecule has 0 atom stereocenters. The van der Waals surface area contributed by atoms with E-state index in [1.54, 1.807) is 6.20 Å². The van der Waals surface area contributed by atoms with Crippen LogP contribution >= 0.6 is 11.5 Å². The lowest BCUT2D eigenvalue weighted by molar-refractivity contribution is 1.06. The molecule has 0 unspecified atom stereocenters. The fourth-order valence-electron chi connectivity index (χ4n) is 0.973. The summed E-state index contributed by atoms with van der Waals surface area (Å²) in [7, 11) is 0. The van der Waals surface area contributed by atoms with Crippen molar-refractivity contribution in [2.75, 3.05) is 0 Å². The minimum absolute atomic E-state index is 0.940. The molecule has 0 aromatic carbocycles. The number of nitrogens with zero attached hydrogens (tertiary/aromatic N) is 3. The van der Waals surface area contributed by atoms with Gasteiger partial charge in [0.15, 0.2) is 0 Å². The third kappa shape index (κ3) is 0.903. The summed E-state index contributed by atoms with van der Waals surface area (Å²) >= 11 is 1.49. The Bertz CT molecular complexity index is 393. The third-order valence-corrected chi connectivity index (χ3v) is 2.66. The Labute approximate surface area is 68.3 Å². The lowest BCUT2D eigenvalue weighted by Crippen LogP contribution is -1.83. The summed E-state index contributed by atoms with van der Waals surface area (Å²) in [5.74, 6) is 0. The molecule has 0 spiro atoms. The van der Waals surface area contributed by atoms with Gasteiger partial charge in [-0.1, -0.05) is 0 Å². The first-order valence-corrected chi connectivity index (χ1v) is 4.10. The van der Waals surface area contributed by atoms with E-state index in [9.17, 15) is 0 Å². The highest BCUT2D eigenvalue weighted by Gasteiger charge is 2.04. The van der Waals surface area contributed by atoms with Gasteiger partial charge in [-0.25, -0.2) is 0 Å². The van der Waals surface area contributed by atoms with Gasteiger partial charge in [-0.2, -0.15) is 9.47 Å². The van der Waals surface area contributed by atoms with Crippen molar-refractivity contribution in [3.05, 3.63) is 17.5 Å². The SMILES string of the molecule is Cc1nsc2c(C)cnnc12. The van der Waals surface area contributed by atoms with Crippen LogP contribution in [0.3, 0.4) is 0 Å². The molecule has 0 saturated carbocycles. The van der Waals surface area contributed by atoms with E-state index in [4.69, 9.17) is 0 Å². The molecule has 0 aliphatic rings. The average Bonchev–Trinajstić information content (AvgIpc) is 2.35. The maximum Gasteiger partial charge on any atom is 0.127 e. The molecular formula is C7H7N3S. The van der Waals surface area contributed by atoms with Crippen LogP contribution in [0.25, 0.3) is 10.2 Å². The van der Waals surface area contributed by atoms with E-state index in [2.05, 4.69) is 14.6 Å². The molecular weight excluding hydrogens is 158 g/mol. The van der Waals surface area contributed by atoms with Gasteiger partial charge in [0, 0.05) is 0 Å². The zero-order valence-corrected chi connectivity index (χ0v) is 7.14. The zero-order chi connectivity index (χ0) is 7.84. The normalized spacial score (nSPS) is 10.7. The van der Waals surface area contributed by atoms with Gasteiger partial charge in [0.1, 0.15) is 5.52 Å². The molecule has 2 aromatic heterocycles. The van der Waals surface area contributed by atoms with Gasteiger partial charge < -0.3 is 0 Å². The molecule has 4 heteroatoms. The van der Waals surface area contributed by atoms with Crippen LogP contribution in [-0.4, -0.2) is 14.6 Å². The summed E-state index contributed by atoms with van der Waals surface area (Å²) in [5, 5.41) is 7.86. The maximum absolute atomic E-state index is 4.20. The van der Waals surface area contributed by atoms with Crippen molar-refractivity contribution in [3.63, 3.8) is 0 Å². The predicted molar refractivity (Wildman–Crippen MR) is 44.7 cm³/mol. The van der Waals surface area contributed by atoms with Gasteiger partial charge in [0.2, 0.25) is 0 Å². The summed E-state index contributed by atoms with van der Waals surface area (Å²) in [4.78, 5) is 0. The third-order valence-electron chi connectivity index (χ3n) is 1.60. The monoisotopic (exact) mass is 165 g/mol. The standard InChI is InChI=1S/C7H7N3S/c1-4-3-8-9-6-5(2)10-11-7(4)6/h3H,1-2H3. The molecule has 0 bridgehead atoms. The highest BCUT2D eigenvalue weighted by atomic mass is 32.1. The lowest BCUT2D eigenvalue weighted by atomic mass is 10.3. The molecule has 2 rings (SSSR count). The molecule has 0 radical (unpaired) electrons. The van der Waals surface area contributed by atoms with E-state index in [-0.39, 0.29) is 0 Å². The van der Waals surface area contributed by atoms with Crippen molar-refractivity contribution < 1.29 is 0 Å². The van der Waals surface area contributed by atoms with Gasteiger partial charge in [-0.05, 0) is 30.9 Å². The van der Waals surface area contributed by atoms with Crippen LogP contribution < -0.4 is 0 Å². The van der Waals surface area contributed by atoms with Crippen molar-refractivity contribution >= 4 is 21.7 Å². The molecule has 11 heavy (non-hydrogen) atoms. The van der Waals surface area contributed by atoms with Crippen molar-refractivity contribution in [2.45, 2.75) is 13.8 Å². The Morgan fingerprint density at radius 1 is 1.36 bits per heavy atom. The first-order chi connectivity index (χ1) is 5.29. The predicted octanol–water partition coefficient (Wildman–Crippen LogP) is 1.70. The fraction of sp³-hybridized carbons (Fsp3) is 0.286. The number of hydrogen-bond donors (Lipinski definition) is 0. The highest BCUT2D eigenvalue weighted by molar-refractivity contribution is 7.13. The van der Waals surface area contributed by atoms with Crippen LogP contribution in [0.15, 0.2) is 6.20 Å². The Balaban J connectivity index is 2.94. The van der Waals surface area contributed by atoms with E-state index in [0.29, 0.717) is 0 Å². The average molecular weight is 165 g/mol. The summed E-state index contributed by atoms with van der Waals surface area (Å²) in [6, 6.07) is 0. The summed E-state index contributed by atoms with van der Waals surface area (Å²) in [6.45, 7) is 3.97. The summed E-state index contributed by atoms with van der Waals surface area (Å²) < 4.78 is 5.35. The van der Waals surface area contributed by atoms with Crippen LogP contribution in [0.5, 0.6) is 0 Å². The van der Waals surface area contributed by atoms with E-state index in [0.717, 1.165) is 21.5 Å². The zero-order valence-electron chi connectivity index (χ0n) is 6.33. The number of rotatable bonds is 0. The van der Waals surface area contributed by atoms with Gasteiger partial charge >= 0.3 is 0 Å².